The lowest BCUT2D eigenvalue weighted by molar-refractivity contribution is 0.912. The second kappa shape index (κ2) is 8.40. The smallest absolute Gasteiger partial charge is 0.00348 e. The zero-order valence-electron chi connectivity index (χ0n) is 4.54. The zero-order valence-corrected chi connectivity index (χ0v) is 7.96. The number of unbranched alkanes of at least 4 members (excludes halogenated alkanes) is 1. The maximum atomic E-state index is 4.01. The average molecular weight is 186 g/mol. The number of thiol groups is 2. The van der Waals surface area contributed by atoms with Gasteiger partial charge in [-0.25, -0.2) is 0 Å². The van der Waals surface area contributed by atoms with Crippen molar-refractivity contribution in [3.8, 4) is 0 Å². The largest absolute Gasteiger partial charge is 0.111 e. The number of rotatable bonds is 5. The van der Waals surface area contributed by atoms with Gasteiger partial charge in [0.2, 0.25) is 0 Å². The summed E-state index contributed by atoms with van der Waals surface area (Å²) in [6, 6.07) is 0. The van der Waals surface area contributed by atoms with Crippen LogP contribution in [0.3, 0.4) is 0 Å². The molecule has 0 atom stereocenters. The lowest BCUT2D eigenvalue weighted by atomic mass is 10.4. The van der Waals surface area contributed by atoms with Crippen molar-refractivity contribution in [1.82, 2.24) is 0 Å². The summed E-state index contributed by atoms with van der Waals surface area (Å²) in [6.45, 7) is 0. The van der Waals surface area contributed by atoms with Gasteiger partial charge in [-0.1, -0.05) is 21.6 Å². The molecule has 0 rings (SSSR count). The molecule has 0 aromatic heterocycles. The van der Waals surface area contributed by atoms with E-state index in [0.717, 1.165) is 11.5 Å². The minimum absolute atomic E-state index is 1.16. The molecular weight excluding hydrogens is 176 g/mol. The van der Waals surface area contributed by atoms with Crippen LogP contribution in [0.4, 0.5) is 0 Å². The molecule has 0 aliphatic rings. The van der Waals surface area contributed by atoms with Gasteiger partial charge in [-0.2, -0.15) is 0 Å². The third kappa shape index (κ3) is 7.40. The first-order valence-corrected chi connectivity index (χ1v) is 6.52. The Kier molecular flexibility index (Phi) is 9.87. The summed E-state index contributed by atoms with van der Waals surface area (Å²) in [7, 11) is 3.22. The SMILES string of the molecule is SSCCCCSS. The number of hydrogen-bond donors (Lipinski definition) is 2. The van der Waals surface area contributed by atoms with Crippen molar-refractivity contribution in [3.63, 3.8) is 0 Å². The van der Waals surface area contributed by atoms with Crippen molar-refractivity contribution in [2.24, 2.45) is 0 Å². The monoisotopic (exact) mass is 186 g/mol. The fourth-order valence-electron chi connectivity index (χ4n) is 0.333. The van der Waals surface area contributed by atoms with E-state index in [1.165, 1.54) is 12.8 Å². The predicted molar refractivity (Wildman–Crippen MR) is 52.1 cm³/mol. The van der Waals surface area contributed by atoms with Gasteiger partial charge in [0.05, 0.1) is 0 Å². The first-order valence-electron chi connectivity index (χ1n) is 2.44. The molecule has 0 saturated heterocycles. The van der Waals surface area contributed by atoms with Crippen LogP contribution in [0, 0.1) is 0 Å². The highest BCUT2D eigenvalue weighted by Crippen LogP contribution is 2.12. The molecule has 0 aliphatic heterocycles. The first kappa shape index (κ1) is 9.40. The Morgan fingerprint density at radius 3 is 1.50 bits per heavy atom. The van der Waals surface area contributed by atoms with Crippen LogP contribution in [0.1, 0.15) is 12.8 Å². The van der Waals surface area contributed by atoms with Gasteiger partial charge >= 0.3 is 0 Å². The Balaban J connectivity index is 2.53. The highest BCUT2D eigenvalue weighted by atomic mass is 33.1. The Bertz CT molecular complexity index is 33.0. The van der Waals surface area contributed by atoms with E-state index in [1.54, 1.807) is 21.6 Å². The van der Waals surface area contributed by atoms with E-state index >= 15 is 0 Å². The molecule has 0 unspecified atom stereocenters. The minimum Gasteiger partial charge on any atom is -0.111 e. The van der Waals surface area contributed by atoms with Gasteiger partial charge in [-0.15, -0.1) is 23.3 Å². The summed E-state index contributed by atoms with van der Waals surface area (Å²) in [6.07, 6.45) is 2.53. The van der Waals surface area contributed by atoms with Crippen molar-refractivity contribution < 1.29 is 0 Å². The molecule has 8 heavy (non-hydrogen) atoms. The predicted octanol–water partition coefficient (Wildman–Crippen LogP) is 2.92. The van der Waals surface area contributed by atoms with Gasteiger partial charge in [-0.3, -0.25) is 0 Å². The summed E-state index contributed by atoms with van der Waals surface area (Å²) in [4.78, 5) is 0. The maximum Gasteiger partial charge on any atom is 0.00348 e. The average Bonchev–Trinajstić information content (AvgIpc) is 1.81. The summed E-state index contributed by atoms with van der Waals surface area (Å²) < 4.78 is 0. The molecule has 0 fully saturated rings. The molecule has 0 aromatic rings. The topological polar surface area (TPSA) is 0 Å². The third-order valence-corrected chi connectivity index (χ3v) is 2.76. The van der Waals surface area contributed by atoms with Crippen molar-refractivity contribution in [2.75, 3.05) is 11.5 Å². The molecule has 0 aliphatic carbocycles. The van der Waals surface area contributed by atoms with Gasteiger partial charge in [-0.05, 0) is 12.8 Å². The fraction of sp³-hybridized carbons (Fsp3) is 1.00. The van der Waals surface area contributed by atoms with Crippen LogP contribution in [0.2, 0.25) is 0 Å². The van der Waals surface area contributed by atoms with E-state index < -0.39 is 0 Å². The molecule has 0 nitrogen and oxygen atoms in total. The number of hydrogen-bond acceptors (Lipinski definition) is 4. The Hall–Kier alpha value is 1.40. The summed E-state index contributed by atoms with van der Waals surface area (Å²) >= 11 is 8.03. The summed E-state index contributed by atoms with van der Waals surface area (Å²) in [5.74, 6) is 2.33. The van der Waals surface area contributed by atoms with E-state index in [0.29, 0.717) is 0 Å². The van der Waals surface area contributed by atoms with Gasteiger partial charge in [0.1, 0.15) is 0 Å². The molecule has 0 spiro atoms. The maximum absolute atomic E-state index is 4.01. The quantitative estimate of drug-likeness (QED) is 0.385. The summed E-state index contributed by atoms with van der Waals surface area (Å²) in [5, 5.41) is 0. The van der Waals surface area contributed by atoms with E-state index in [2.05, 4.69) is 23.3 Å². The molecule has 0 radical (unpaired) electrons. The Labute approximate surface area is 69.2 Å². The molecular formula is C4H10S4. The highest BCUT2D eigenvalue weighted by Gasteiger charge is 1.84. The van der Waals surface area contributed by atoms with Crippen molar-refractivity contribution >= 4 is 44.9 Å². The molecule has 50 valence electrons. The first-order chi connectivity index (χ1) is 3.91. The van der Waals surface area contributed by atoms with Crippen LogP contribution in [0.25, 0.3) is 0 Å². The second-order valence-electron chi connectivity index (χ2n) is 1.37. The van der Waals surface area contributed by atoms with Gasteiger partial charge < -0.3 is 0 Å². The molecule has 0 N–H and O–H groups in total. The molecule has 0 amide bonds. The van der Waals surface area contributed by atoms with Crippen molar-refractivity contribution in [2.45, 2.75) is 12.8 Å². The van der Waals surface area contributed by atoms with Crippen LogP contribution in [0.15, 0.2) is 0 Å². The van der Waals surface area contributed by atoms with Crippen LogP contribution in [0.5, 0.6) is 0 Å². The zero-order chi connectivity index (χ0) is 6.24. The molecule has 4 heteroatoms. The van der Waals surface area contributed by atoms with Gasteiger partial charge in [0.15, 0.2) is 0 Å². The third-order valence-electron chi connectivity index (χ3n) is 0.721. The lowest BCUT2D eigenvalue weighted by Crippen LogP contribution is -1.78. The van der Waals surface area contributed by atoms with Gasteiger partial charge in [0.25, 0.3) is 0 Å². The molecule has 0 bridgehead atoms. The van der Waals surface area contributed by atoms with Crippen LogP contribution in [-0.4, -0.2) is 11.5 Å². The van der Waals surface area contributed by atoms with E-state index in [4.69, 9.17) is 0 Å². The van der Waals surface area contributed by atoms with E-state index in [-0.39, 0.29) is 0 Å². The van der Waals surface area contributed by atoms with Crippen molar-refractivity contribution in [1.29, 1.82) is 0 Å². The Morgan fingerprint density at radius 2 is 1.25 bits per heavy atom. The molecule has 0 saturated carbocycles. The van der Waals surface area contributed by atoms with E-state index in [9.17, 15) is 0 Å². The van der Waals surface area contributed by atoms with Crippen LogP contribution in [-0.2, 0) is 0 Å². The fourth-order valence-corrected chi connectivity index (χ4v) is 1.77. The summed E-state index contributed by atoms with van der Waals surface area (Å²) in [5.41, 5.74) is 0. The lowest BCUT2D eigenvalue weighted by Gasteiger charge is -1.92. The molecule has 0 heterocycles. The normalized spacial score (nSPS) is 9.75. The van der Waals surface area contributed by atoms with Gasteiger partial charge in [0, 0.05) is 11.5 Å². The standard InChI is InChI=1S/C4H10S4/c5-7-3-1-2-4-8-6/h5-6H,1-4H2. The van der Waals surface area contributed by atoms with Crippen LogP contribution >= 0.6 is 44.9 Å². The minimum atomic E-state index is 1.16. The molecule has 0 aromatic carbocycles. The second-order valence-corrected chi connectivity index (χ2v) is 4.26. The highest BCUT2D eigenvalue weighted by molar-refractivity contribution is 8.68. The van der Waals surface area contributed by atoms with Crippen molar-refractivity contribution in [3.05, 3.63) is 0 Å². The Morgan fingerprint density at radius 1 is 0.875 bits per heavy atom. The van der Waals surface area contributed by atoms with E-state index in [1.807, 2.05) is 0 Å². The van der Waals surface area contributed by atoms with Crippen LogP contribution < -0.4 is 0 Å².